The van der Waals surface area contributed by atoms with Crippen molar-refractivity contribution < 1.29 is 4.74 Å². The number of methoxy groups -OCH3 is 1. The number of hydrogen-bond acceptors (Lipinski definition) is 4. The molecular weight excluding hydrogens is 262 g/mol. The quantitative estimate of drug-likeness (QED) is 0.666. The number of pyridine rings is 1. The molecule has 0 aliphatic carbocycles. The van der Waals surface area contributed by atoms with Crippen molar-refractivity contribution >= 4 is 11.6 Å². The fraction of sp³-hybridized carbons (Fsp3) is 0.214. The Morgan fingerprint density at radius 3 is 2.84 bits per heavy atom. The van der Waals surface area contributed by atoms with Crippen LogP contribution in [-0.2, 0) is 0 Å². The summed E-state index contributed by atoms with van der Waals surface area (Å²) < 4.78 is 5.33. The molecule has 100 valence electrons. The van der Waals surface area contributed by atoms with E-state index in [4.69, 9.17) is 22.2 Å². The molecule has 1 unspecified atom stereocenters. The average Bonchev–Trinajstić information content (AvgIpc) is 2.44. The fourth-order valence-corrected chi connectivity index (χ4v) is 2.21. The molecule has 1 aromatic carbocycles. The number of hydrazine groups is 1. The van der Waals surface area contributed by atoms with Gasteiger partial charge in [0.25, 0.3) is 0 Å². The number of hydrogen-bond donors (Lipinski definition) is 2. The van der Waals surface area contributed by atoms with Crippen LogP contribution in [0.5, 0.6) is 5.75 Å². The number of ether oxygens (including phenoxy) is 1. The second-order valence-corrected chi connectivity index (χ2v) is 4.63. The zero-order chi connectivity index (χ0) is 13.8. The van der Waals surface area contributed by atoms with E-state index in [0.29, 0.717) is 10.8 Å². The zero-order valence-electron chi connectivity index (χ0n) is 10.9. The summed E-state index contributed by atoms with van der Waals surface area (Å²) in [6, 6.07) is 9.10. The van der Waals surface area contributed by atoms with Gasteiger partial charge in [0.1, 0.15) is 11.4 Å². The first-order valence-electron chi connectivity index (χ1n) is 5.88. The number of nitrogens with two attached hydrogens (primary N) is 1. The molecule has 0 bridgehead atoms. The molecule has 1 heterocycles. The Morgan fingerprint density at radius 2 is 2.16 bits per heavy atom. The van der Waals surface area contributed by atoms with Gasteiger partial charge >= 0.3 is 0 Å². The Labute approximate surface area is 117 Å². The van der Waals surface area contributed by atoms with Crippen molar-refractivity contribution in [3.8, 4) is 5.75 Å². The van der Waals surface area contributed by atoms with Crippen LogP contribution in [0.4, 0.5) is 0 Å². The van der Waals surface area contributed by atoms with Crippen molar-refractivity contribution in [2.24, 2.45) is 5.84 Å². The minimum atomic E-state index is -0.269. The van der Waals surface area contributed by atoms with Crippen molar-refractivity contribution in [3.05, 3.63) is 58.4 Å². The SMILES string of the molecule is COc1cccnc1C(NN)c1cc(Cl)ccc1C. The van der Waals surface area contributed by atoms with Gasteiger partial charge in [-0.05, 0) is 42.3 Å². The lowest BCUT2D eigenvalue weighted by Gasteiger charge is -2.20. The second-order valence-electron chi connectivity index (χ2n) is 4.19. The molecule has 0 fully saturated rings. The van der Waals surface area contributed by atoms with Gasteiger partial charge in [0.15, 0.2) is 0 Å². The van der Waals surface area contributed by atoms with Gasteiger partial charge in [-0.15, -0.1) is 0 Å². The highest BCUT2D eigenvalue weighted by molar-refractivity contribution is 6.30. The van der Waals surface area contributed by atoms with Crippen LogP contribution in [0.1, 0.15) is 22.9 Å². The lowest BCUT2D eigenvalue weighted by molar-refractivity contribution is 0.400. The van der Waals surface area contributed by atoms with Crippen molar-refractivity contribution in [2.45, 2.75) is 13.0 Å². The Bertz CT molecular complexity index is 574. The van der Waals surface area contributed by atoms with Crippen LogP contribution in [0, 0.1) is 6.92 Å². The van der Waals surface area contributed by atoms with Crippen LogP contribution in [-0.4, -0.2) is 12.1 Å². The highest BCUT2D eigenvalue weighted by atomic mass is 35.5. The summed E-state index contributed by atoms with van der Waals surface area (Å²) in [7, 11) is 1.61. The molecule has 0 spiro atoms. The number of aryl methyl sites for hydroxylation is 1. The molecule has 3 N–H and O–H groups in total. The maximum atomic E-state index is 6.06. The molecule has 2 rings (SSSR count). The zero-order valence-corrected chi connectivity index (χ0v) is 11.6. The number of aromatic nitrogens is 1. The van der Waals surface area contributed by atoms with Crippen molar-refractivity contribution in [3.63, 3.8) is 0 Å². The van der Waals surface area contributed by atoms with Crippen molar-refractivity contribution in [1.82, 2.24) is 10.4 Å². The summed E-state index contributed by atoms with van der Waals surface area (Å²) in [6.45, 7) is 2.01. The molecule has 1 atom stereocenters. The Balaban J connectivity index is 2.53. The molecule has 0 saturated heterocycles. The van der Waals surface area contributed by atoms with E-state index in [1.165, 1.54) is 0 Å². The predicted molar refractivity (Wildman–Crippen MR) is 76.1 cm³/mol. The van der Waals surface area contributed by atoms with E-state index in [1.807, 2.05) is 37.3 Å². The highest BCUT2D eigenvalue weighted by Gasteiger charge is 2.20. The smallest absolute Gasteiger partial charge is 0.142 e. The van der Waals surface area contributed by atoms with Gasteiger partial charge in [0.05, 0.1) is 13.2 Å². The average molecular weight is 278 g/mol. The first-order chi connectivity index (χ1) is 9.17. The van der Waals surface area contributed by atoms with Crippen LogP contribution >= 0.6 is 11.6 Å². The van der Waals surface area contributed by atoms with Gasteiger partial charge in [-0.3, -0.25) is 10.8 Å². The van der Waals surface area contributed by atoms with Crippen LogP contribution in [0.25, 0.3) is 0 Å². The molecular formula is C14H16ClN3O. The molecule has 1 aromatic heterocycles. The number of rotatable bonds is 4. The third kappa shape index (κ3) is 2.87. The van der Waals surface area contributed by atoms with Crippen LogP contribution in [0.3, 0.4) is 0 Å². The van der Waals surface area contributed by atoms with E-state index in [-0.39, 0.29) is 6.04 Å². The Hall–Kier alpha value is -1.62. The van der Waals surface area contributed by atoms with Gasteiger partial charge in [0.2, 0.25) is 0 Å². The standard InChI is InChI=1S/C14H16ClN3O/c1-9-5-6-10(15)8-11(9)13(18-16)14-12(19-2)4-3-7-17-14/h3-8,13,18H,16H2,1-2H3. The monoisotopic (exact) mass is 277 g/mol. The van der Waals surface area contributed by atoms with Crippen LogP contribution < -0.4 is 16.0 Å². The van der Waals surface area contributed by atoms with Gasteiger partial charge in [0, 0.05) is 11.2 Å². The normalized spacial score (nSPS) is 12.2. The molecule has 0 aliphatic heterocycles. The van der Waals surface area contributed by atoms with Gasteiger partial charge in [-0.2, -0.15) is 0 Å². The maximum Gasteiger partial charge on any atom is 0.142 e. The lowest BCUT2D eigenvalue weighted by atomic mass is 9.98. The van der Waals surface area contributed by atoms with E-state index in [0.717, 1.165) is 16.8 Å². The maximum absolute atomic E-state index is 6.06. The minimum absolute atomic E-state index is 0.269. The van der Waals surface area contributed by atoms with E-state index >= 15 is 0 Å². The third-order valence-corrected chi connectivity index (χ3v) is 3.25. The summed E-state index contributed by atoms with van der Waals surface area (Å²) in [5, 5.41) is 0.663. The predicted octanol–water partition coefficient (Wildman–Crippen LogP) is 2.60. The minimum Gasteiger partial charge on any atom is -0.495 e. The van der Waals surface area contributed by atoms with Crippen molar-refractivity contribution in [2.75, 3.05) is 7.11 Å². The Morgan fingerprint density at radius 1 is 1.37 bits per heavy atom. The van der Waals surface area contributed by atoms with Gasteiger partial charge in [-0.1, -0.05) is 17.7 Å². The molecule has 0 radical (unpaired) electrons. The summed E-state index contributed by atoms with van der Waals surface area (Å²) in [6.07, 6.45) is 1.71. The van der Waals surface area contributed by atoms with E-state index in [2.05, 4.69) is 10.4 Å². The largest absolute Gasteiger partial charge is 0.495 e. The topological polar surface area (TPSA) is 60.2 Å². The fourth-order valence-electron chi connectivity index (χ4n) is 2.03. The Kier molecular flexibility index (Phi) is 4.37. The first kappa shape index (κ1) is 13.8. The summed E-state index contributed by atoms with van der Waals surface area (Å²) in [5.74, 6) is 6.38. The van der Waals surface area contributed by atoms with E-state index in [1.54, 1.807) is 13.3 Å². The summed E-state index contributed by atoms with van der Waals surface area (Å²) in [5.41, 5.74) is 5.57. The molecule has 2 aromatic rings. The van der Waals surface area contributed by atoms with E-state index in [9.17, 15) is 0 Å². The summed E-state index contributed by atoms with van der Waals surface area (Å²) >= 11 is 6.06. The van der Waals surface area contributed by atoms with Crippen LogP contribution in [0.2, 0.25) is 5.02 Å². The second kappa shape index (κ2) is 6.02. The third-order valence-electron chi connectivity index (χ3n) is 3.01. The molecule has 0 saturated carbocycles. The number of halogens is 1. The van der Waals surface area contributed by atoms with E-state index < -0.39 is 0 Å². The van der Waals surface area contributed by atoms with Crippen molar-refractivity contribution in [1.29, 1.82) is 0 Å². The number of nitrogens with one attached hydrogen (secondary N) is 1. The lowest BCUT2D eigenvalue weighted by Crippen LogP contribution is -2.30. The molecule has 4 nitrogen and oxygen atoms in total. The summed E-state index contributed by atoms with van der Waals surface area (Å²) in [4.78, 5) is 4.36. The van der Waals surface area contributed by atoms with Crippen LogP contribution in [0.15, 0.2) is 36.5 Å². The van der Waals surface area contributed by atoms with Gasteiger partial charge in [-0.25, -0.2) is 5.43 Å². The first-order valence-corrected chi connectivity index (χ1v) is 6.26. The molecule has 0 amide bonds. The van der Waals surface area contributed by atoms with Gasteiger partial charge < -0.3 is 4.74 Å². The molecule has 19 heavy (non-hydrogen) atoms. The number of benzene rings is 1. The molecule has 0 aliphatic rings. The number of nitrogens with zero attached hydrogens (tertiary/aromatic N) is 1. The molecule has 5 heteroatoms. The highest BCUT2D eigenvalue weighted by Crippen LogP contribution is 2.30.